The number of hydrogen-bond donors (Lipinski definition) is 0. The summed E-state index contributed by atoms with van der Waals surface area (Å²) in [7, 11) is 0. The molecule has 0 saturated carbocycles. The van der Waals surface area contributed by atoms with Crippen LogP contribution in [0.15, 0.2) is 65.5 Å². The van der Waals surface area contributed by atoms with Crippen LogP contribution in [-0.4, -0.2) is 25.7 Å². The number of hydrogen-bond acceptors (Lipinski definition) is 4. The van der Waals surface area contributed by atoms with Gasteiger partial charge in [0.05, 0.1) is 28.7 Å². The highest BCUT2D eigenvalue weighted by molar-refractivity contribution is 9.10. The molecule has 1 aromatic carbocycles. The standard InChI is InChI=1S/C19H13BrN4O/c1-12-10-22-24(11-12)19(25)15-9-18(17-4-2-3-7-21-17)23-16-6-5-13(20)8-14(15)16/h2-11H,1H3. The number of nitrogens with zero attached hydrogens (tertiary/aromatic N) is 4. The van der Waals surface area contributed by atoms with E-state index in [4.69, 9.17) is 0 Å². The fraction of sp³-hybridized carbons (Fsp3) is 0.0526. The lowest BCUT2D eigenvalue weighted by molar-refractivity contribution is 0.0946. The molecule has 0 atom stereocenters. The lowest BCUT2D eigenvalue weighted by Crippen LogP contribution is -2.13. The fourth-order valence-corrected chi connectivity index (χ4v) is 3.03. The Morgan fingerprint density at radius 1 is 1.12 bits per heavy atom. The third-order valence-corrected chi connectivity index (χ3v) is 4.34. The van der Waals surface area contributed by atoms with E-state index in [0.29, 0.717) is 11.3 Å². The second-order valence-corrected chi connectivity index (χ2v) is 6.61. The van der Waals surface area contributed by atoms with Gasteiger partial charge in [0, 0.05) is 22.3 Å². The van der Waals surface area contributed by atoms with Crippen LogP contribution in [0.1, 0.15) is 15.9 Å². The molecule has 0 saturated heterocycles. The van der Waals surface area contributed by atoms with Gasteiger partial charge in [0.2, 0.25) is 0 Å². The summed E-state index contributed by atoms with van der Waals surface area (Å²) in [6.45, 7) is 1.90. The zero-order chi connectivity index (χ0) is 17.4. The maximum atomic E-state index is 13.0. The molecule has 6 heteroatoms. The second kappa shape index (κ2) is 6.22. The Labute approximate surface area is 152 Å². The van der Waals surface area contributed by atoms with Gasteiger partial charge in [0.25, 0.3) is 5.91 Å². The van der Waals surface area contributed by atoms with Crippen LogP contribution in [0.25, 0.3) is 22.3 Å². The van der Waals surface area contributed by atoms with Crippen LogP contribution < -0.4 is 0 Å². The molecule has 122 valence electrons. The minimum absolute atomic E-state index is 0.198. The van der Waals surface area contributed by atoms with Crippen molar-refractivity contribution >= 4 is 32.7 Å². The summed E-state index contributed by atoms with van der Waals surface area (Å²) in [5, 5.41) is 4.91. The van der Waals surface area contributed by atoms with E-state index in [9.17, 15) is 4.79 Å². The first-order valence-corrected chi connectivity index (χ1v) is 8.49. The summed E-state index contributed by atoms with van der Waals surface area (Å²) >= 11 is 3.47. The first-order valence-electron chi connectivity index (χ1n) is 7.69. The van der Waals surface area contributed by atoms with Gasteiger partial charge >= 0.3 is 0 Å². The Morgan fingerprint density at radius 3 is 2.72 bits per heavy atom. The van der Waals surface area contributed by atoms with Crippen LogP contribution in [0.5, 0.6) is 0 Å². The summed E-state index contributed by atoms with van der Waals surface area (Å²) in [5.74, 6) is -0.198. The van der Waals surface area contributed by atoms with Crippen molar-refractivity contribution in [2.45, 2.75) is 6.92 Å². The van der Waals surface area contributed by atoms with Crippen molar-refractivity contribution in [1.82, 2.24) is 19.7 Å². The topological polar surface area (TPSA) is 60.7 Å². The van der Waals surface area contributed by atoms with Crippen molar-refractivity contribution < 1.29 is 4.79 Å². The first kappa shape index (κ1) is 15.7. The zero-order valence-corrected chi connectivity index (χ0v) is 14.9. The van der Waals surface area contributed by atoms with Gasteiger partial charge < -0.3 is 0 Å². The number of rotatable bonds is 2. The van der Waals surface area contributed by atoms with Crippen molar-refractivity contribution in [2.75, 3.05) is 0 Å². The van der Waals surface area contributed by atoms with Gasteiger partial charge in [0.15, 0.2) is 0 Å². The number of benzene rings is 1. The number of aryl methyl sites for hydroxylation is 1. The van der Waals surface area contributed by atoms with Crippen LogP contribution in [0, 0.1) is 6.92 Å². The van der Waals surface area contributed by atoms with Gasteiger partial charge in [-0.25, -0.2) is 9.67 Å². The molecule has 0 N–H and O–H groups in total. The third kappa shape index (κ3) is 2.96. The largest absolute Gasteiger partial charge is 0.278 e. The number of fused-ring (bicyclic) bond motifs is 1. The first-order chi connectivity index (χ1) is 12.1. The molecule has 3 aromatic heterocycles. The highest BCUT2D eigenvalue weighted by atomic mass is 79.9. The minimum atomic E-state index is -0.198. The number of carbonyl (C=O) groups excluding carboxylic acids is 1. The van der Waals surface area contributed by atoms with Crippen LogP contribution in [0.2, 0.25) is 0 Å². The molecule has 4 rings (SSSR count). The lowest BCUT2D eigenvalue weighted by atomic mass is 10.1. The van der Waals surface area contributed by atoms with Gasteiger partial charge in [-0.1, -0.05) is 22.0 Å². The summed E-state index contributed by atoms with van der Waals surface area (Å²) in [5.41, 5.74) is 3.58. The Balaban J connectivity index is 1.97. The predicted molar refractivity (Wildman–Crippen MR) is 99.4 cm³/mol. The fourth-order valence-electron chi connectivity index (χ4n) is 2.67. The van der Waals surface area contributed by atoms with Crippen molar-refractivity contribution in [1.29, 1.82) is 0 Å². The van der Waals surface area contributed by atoms with Gasteiger partial charge in [-0.3, -0.25) is 9.78 Å². The second-order valence-electron chi connectivity index (χ2n) is 5.70. The molecule has 0 fully saturated rings. The van der Waals surface area contributed by atoms with Gasteiger partial charge in [-0.05, 0) is 48.9 Å². The smallest absolute Gasteiger partial charge is 0.267 e. The molecule has 0 spiro atoms. The molecule has 0 aliphatic rings. The minimum Gasteiger partial charge on any atom is -0.267 e. The molecule has 0 aliphatic heterocycles. The maximum Gasteiger partial charge on any atom is 0.278 e. The van der Waals surface area contributed by atoms with Crippen LogP contribution in [0.3, 0.4) is 0 Å². The summed E-state index contributed by atoms with van der Waals surface area (Å²) in [6.07, 6.45) is 5.09. The molecule has 0 unspecified atom stereocenters. The van der Waals surface area contributed by atoms with Crippen molar-refractivity contribution in [3.8, 4) is 11.4 Å². The van der Waals surface area contributed by atoms with Gasteiger partial charge in [0.1, 0.15) is 0 Å². The van der Waals surface area contributed by atoms with E-state index in [-0.39, 0.29) is 5.91 Å². The Bertz CT molecular complexity index is 1090. The molecule has 4 aromatic rings. The zero-order valence-electron chi connectivity index (χ0n) is 13.3. The number of aromatic nitrogens is 4. The van der Waals surface area contributed by atoms with E-state index in [0.717, 1.165) is 26.6 Å². The molecule has 0 radical (unpaired) electrons. The summed E-state index contributed by atoms with van der Waals surface area (Å²) in [6, 6.07) is 13.1. The van der Waals surface area contributed by atoms with E-state index in [2.05, 4.69) is 31.0 Å². The Hall–Kier alpha value is -2.86. The highest BCUT2D eigenvalue weighted by Crippen LogP contribution is 2.27. The molecular formula is C19H13BrN4O. The Kier molecular flexibility index (Phi) is 3.89. The molecule has 5 nitrogen and oxygen atoms in total. The molecule has 25 heavy (non-hydrogen) atoms. The normalized spacial score (nSPS) is 11.0. The van der Waals surface area contributed by atoms with E-state index >= 15 is 0 Å². The monoisotopic (exact) mass is 392 g/mol. The highest BCUT2D eigenvalue weighted by Gasteiger charge is 2.17. The Morgan fingerprint density at radius 2 is 2.00 bits per heavy atom. The average Bonchev–Trinajstić information content (AvgIpc) is 3.07. The lowest BCUT2D eigenvalue weighted by Gasteiger charge is -2.09. The summed E-state index contributed by atoms with van der Waals surface area (Å²) in [4.78, 5) is 22.0. The van der Waals surface area contributed by atoms with Gasteiger partial charge in [-0.15, -0.1) is 0 Å². The summed E-state index contributed by atoms with van der Waals surface area (Å²) < 4.78 is 2.24. The van der Waals surface area contributed by atoms with Crippen molar-refractivity contribution in [2.24, 2.45) is 0 Å². The van der Waals surface area contributed by atoms with Gasteiger partial charge in [-0.2, -0.15) is 5.10 Å². The van der Waals surface area contributed by atoms with Crippen LogP contribution in [-0.2, 0) is 0 Å². The van der Waals surface area contributed by atoms with E-state index in [1.54, 1.807) is 24.7 Å². The molecule has 3 heterocycles. The maximum absolute atomic E-state index is 13.0. The van der Waals surface area contributed by atoms with Crippen LogP contribution >= 0.6 is 15.9 Å². The average molecular weight is 393 g/mol. The van der Waals surface area contributed by atoms with Crippen molar-refractivity contribution in [3.05, 3.63) is 76.7 Å². The number of pyridine rings is 2. The number of carbonyl (C=O) groups is 1. The third-order valence-electron chi connectivity index (χ3n) is 3.85. The van der Waals surface area contributed by atoms with Crippen molar-refractivity contribution in [3.63, 3.8) is 0 Å². The molecule has 0 amide bonds. The van der Waals surface area contributed by atoms with E-state index in [1.807, 2.05) is 43.3 Å². The molecular weight excluding hydrogens is 380 g/mol. The van der Waals surface area contributed by atoms with E-state index < -0.39 is 0 Å². The number of halogens is 1. The molecule has 0 bridgehead atoms. The van der Waals surface area contributed by atoms with Crippen LogP contribution in [0.4, 0.5) is 0 Å². The predicted octanol–water partition coefficient (Wildman–Crippen LogP) is 4.25. The SMILES string of the molecule is Cc1cnn(C(=O)c2cc(-c3ccccn3)nc3ccc(Br)cc23)c1. The van der Waals surface area contributed by atoms with E-state index in [1.165, 1.54) is 4.68 Å². The quantitative estimate of drug-likeness (QED) is 0.511. The molecule has 0 aliphatic carbocycles.